The molecule has 0 bridgehead atoms. The molecule has 0 fully saturated rings. The van der Waals surface area contributed by atoms with Crippen molar-refractivity contribution >= 4 is 5.97 Å². The largest absolute Gasteiger partial charge is 0.480 e. The summed E-state index contributed by atoms with van der Waals surface area (Å²) in [5.41, 5.74) is 3.89. The summed E-state index contributed by atoms with van der Waals surface area (Å²) in [5, 5.41) is 14.0. The van der Waals surface area contributed by atoms with Gasteiger partial charge in [-0.2, -0.15) is 5.10 Å². The van der Waals surface area contributed by atoms with Crippen molar-refractivity contribution in [1.29, 1.82) is 0 Å². The fraction of sp³-hybridized carbons (Fsp3) is 0.250. The summed E-state index contributed by atoms with van der Waals surface area (Å²) >= 11 is 0. The Morgan fingerprint density at radius 2 is 2.00 bits per heavy atom. The number of pyridine rings is 1. The molecule has 0 saturated carbocycles. The quantitative estimate of drug-likeness (QED) is 0.709. The van der Waals surface area contributed by atoms with Crippen LogP contribution < -0.4 is 0 Å². The first kappa shape index (κ1) is 17.8. The van der Waals surface area contributed by atoms with Crippen molar-refractivity contribution in [1.82, 2.24) is 19.7 Å². The SMILES string of the molecule is CC(C(=O)O)N(C)Cc1cn(Cc2ccccc2)nc1-c1cccnc1. The maximum Gasteiger partial charge on any atom is 0.320 e. The van der Waals surface area contributed by atoms with Gasteiger partial charge in [0.05, 0.1) is 12.2 Å². The topological polar surface area (TPSA) is 71.2 Å². The third-order valence-corrected chi connectivity index (χ3v) is 4.40. The van der Waals surface area contributed by atoms with E-state index in [1.807, 2.05) is 41.2 Å². The molecule has 3 rings (SSSR count). The molecule has 0 saturated heterocycles. The molecule has 0 spiro atoms. The number of hydrogen-bond acceptors (Lipinski definition) is 4. The molecule has 26 heavy (non-hydrogen) atoms. The average Bonchev–Trinajstić information content (AvgIpc) is 3.04. The number of hydrogen-bond donors (Lipinski definition) is 1. The van der Waals surface area contributed by atoms with E-state index in [0.717, 1.165) is 22.4 Å². The number of benzene rings is 1. The second-order valence-electron chi connectivity index (χ2n) is 6.36. The summed E-state index contributed by atoms with van der Waals surface area (Å²) in [6.07, 6.45) is 5.49. The van der Waals surface area contributed by atoms with Crippen LogP contribution in [0.25, 0.3) is 11.3 Å². The first-order valence-electron chi connectivity index (χ1n) is 8.48. The van der Waals surface area contributed by atoms with Crippen LogP contribution in [0.3, 0.4) is 0 Å². The number of carboxylic acid groups (broad SMARTS) is 1. The summed E-state index contributed by atoms with van der Waals surface area (Å²) in [6, 6.07) is 13.4. The Kier molecular flexibility index (Phi) is 5.43. The van der Waals surface area contributed by atoms with E-state index in [1.165, 1.54) is 0 Å². The Morgan fingerprint density at radius 3 is 2.65 bits per heavy atom. The van der Waals surface area contributed by atoms with E-state index in [0.29, 0.717) is 13.1 Å². The Bertz CT molecular complexity index is 862. The third-order valence-electron chi connectivity index (χ3n) is 4.40. The molecule has 1 unspecified atom stereocenters. The van der Waals surface area contributed by atoms with Crippen LogP contribution in [0.5, 0.6) is 0 Å². The lowest BCUT2D eigenvalue weighted by Gasteiger charge is -2.20. The van der Waals surface area contributed by atoms with Gasteiger partial charge in [-0.3, -0.25) is 19.4 Å². The maximum absolute atomic E-state index is 11.3. The molecule has 2 heterocycles. The van der Waals surface area contributed by atoms with E-state index in [4.69, 9.17) is 5.10 Å². The van der Waals surface area contributed by atoms with Crippen LogP contribution >= 0.6 is 0 Å². The molecular weight excluding hydrogens is 328 g/mol. The minimum Gasteiger partial charge on any atom is -0.480 e. The zero-order valence-corrected chi connectivity index (χ0v) is 14.9. The van der Waals surface area contributed by atoms with Gasteiger partial charge in [0.1, 0.15) is 6.04 Å². The molecule has 6 heteroatoms. The normalized spacial score (nSPS) is 12.3. The number of likely N-dealkylation sites (N-methyl/N-ethyl adjacent to an activating group) is 1. The summed E-state index contributed by atoms with van der Waals surface area (Å²) < 4.78 is 1.90. The van der Waals surface area contributed by atoms with Crippen LogP contribution in [0.4, 0.5) is 0 Å². The number of carbonyl (C=O) groups is 1. The van der Waals surface area contributed by atoms with Crippen LogP contribution in [-0.4, -0.2) is 43.8 Å². The van der Waals surface area contributed by atoms with Crippen molar-refractivity contribution in [3.05, 3.63) is 72.2 Å². The van der Waals surface area contributed by atoms with Gasteiger partial charge < -0.3 is 5.11 Å². The summed E-state index contributed by atoms with van der Waals surface area (Å²) in [5.74, 6) is -0.841. The van der Waals surface area contributed by atoms with Crippen molar-refractivity contribution in [2.24, 2.45) is 0 Å². The van der Waals surface area contributed by atoms with Gasteiger partial charge >= 0.3 is 5.97 Å². The van der Waals surface area contributed by atoms with Gasteiger partial charge in [0.2, 0.25) is 0 Å². The highest BCUT2D eigenvalue weighted by Gasteiger charge is 2.20. The molecule has 0 amide bonds. The number of rotatable bonds is 7. The Labute approximate surface area is 152 Å². The smallest absolute Gasteiger partial charge is 0.320 e. The van der Waals surface area contributed by atoms with Gasteiger partial charge in [-0.05, 0) is 31.7 Å². The highest BCUT2D eigenvalue weighted by atomic mass is 16.4. The van der Waals surface area contributed by atoms with Gasteiger partial charge in [0.15, 0.2) is 0 Å². The number of aliphatic carboxylic acids is 1. The van der Waals surface area contributed by atoms with E-state index in [9.17, 15) is 9.90 Å². The predicted molar refractivity (Wildman–Crippen MR) is 99.6 cm³/mol. The molecule has 1 N–H and O–H groups in total. The van der Waals surface area contributed by atoms with Gasteiger partial charge in [-0.1, -0.05) is 30.3 Å². The van der Waals surface area contributed by atoms with Crippen molar-refractivity contribution in [3.63, 3.8) is 0 Å². The fourth-order valence-electron chi connectivity index (χ4n) is 2.77. The summed E-state index contributed by atoms with van der Waals surface area (Å²) in [4.78, 5) is 17.2. The van der Waals surface area contributed by atoms with Crippen molar-refractivity contribution < 1.29 is 9.90 Å². The summed E-state index contributed by atoms with van der Waals surface area (Å²) in [7, 11) is 1.81. The van der Waals surface area contributed by atoms with Crippen molar-refractivity contribution in [2.75, 3.05) is 7.05 Å². The van der Waals surface area contributed by atoms with Crippen LogP contribution in [0.1, 0.15) is 18.1 Å². The van der Waals surface area contributed by atoms with Gasteiger partial charge in [-0.25, -0.2) is 0 Å². The molecule has 1 aromatic carbocycles. The lowest BCUT2D eigenvalue weighted by atomic mass is 10.1. The Balaban J connectivity index is 1.91. The monoisotopic (exact) mass is 350 g/mol. The number of carboxylic acids is 1. The van der Waals surface area contributed by atoms with E-state index >= 15 is 0 Å². The van der Waals surface area contributed by atoms with E-state index in [-0.39, 0.29) is 0 Å². The van der Waals surface area contributed by atoms with Crippen LogP contribution in [0.15, 0.2) is 61.1 Å². The lowest BCUT2D eigenvalue weighted by Crippen LogP contribution is -2.35. The molecule has 3 aromatic rings. The molecule has 1 atom stereocenters. The first-order valence-corrected chi connectivity index (χ1v) is 8.48. The average molecular weight is 350 g/mol. The minimum atomic E-state index is -0.841. The first-order chi connectivity index (χ1) is 12.5. The maximum atomic E-state index is 11.3. The second kappa shape index (κ2) is 7.93. The number of aromatic nitrogens is 3. The van der Waals surface area contributed by atoms with Crippen LogP contribution in [-0.2, 0) is 17.9 Å². The zero-order valence-electron chi connectivity index (χ0n) is 14.9. The van der Waals surface area contributed by atoms with Crippen molar-refractivity contribution in [3.8, 4) is 11.3 Å². The fourth-order valence-corrected chi connectivity index (χ4v) is 2.77. The Hall–Kier alpha value is -2.99. The van der Waals surface area contributed by atoms with Gasteiger partial charge in [0, 0.05) is 36.3 Å². The van der Waals surface area contributed by atoms with E-state index < -0.39 is 12.0 Å². The second-order valence-corrected chi connectivity index (χ2v) is 6.36. The molecule has 0 aliphatic heterocycles. The van der Waals surface area contributed by atoms with Gasteiger partial charge in [0.25, 0.3) is 0 Å². The molecule has 6 nitrogen and oxygen atoms in total. The molecular formula is C20H22N4O2. The van der Waals surface area contributed by atoms with Crippen LogP contribution in [0, 0.1) is 0 Å². The molecule has 0 radical (unpaired) electrons. The number of nitrogens with zero attached hydrogens (tertiary/aromatic N) is 4. The molecule has 134 valence electrons. The highest BCUT2D eigenvalue weighted by Crippen LogP contribution is 2.23. The standard InChI is InChI=1S/C20H22N4O2/c1-15(20(25)26)23(2)13-18-14-24(12-16-7-4-3-5-8-16)22-19(18)17-9-6-10-21-11-17/h3-11,14-15H,12-13H2,1-2H3,(H,25,26). The van der Waals surface area contributed by atoms with Crippen molar-refractivity contribution in [2.45, 2.75) is 26.1 Å². The molecule has 0 aliphatic carbocycles. The third kappa shape index (κ3) is 4.15. The van der Waals surface area contributed by atoms with Crippen LogP contribution in [0.2, 0.25) is 0 Å². The van der Waals surface area contributed by atoms with E-state index in [2.05, 4.69) is 17.1 Å². The van der Waals surface area contributed by atoms with E-state index in [1.54, 1.807) is 31.3 Å². The predicted octanol–water partition coefficient (Wildman–Crippen LogP) is 2.90. The highest BCUT2D eigenvalue weighted by molar-refractivity contribution is 5.73. The Morgan fingerprint density at radius 1 is 1.23 bits per heavy atom. The minimum absolute atomic E-state index is 0.493. The molecule has 2 aromatic heterocycles. The molecule has 0 aliphatic rings. The zero-order chi connectivity index (χ0) is 18.5. The van der Waals surface area contributed by atoms with Gasteiger partial charge in [-0.15, -0.1) is 0 Å². The summed E-state index contributed by atoms with van der Waals surface area (Å²) in [6.45, 7) is 2.83. The lowest BCUT2D eigenvalue weighted by molar-refractivity contribution is -0.142.